The first-order chi connectivity index (χ1) is 27.3. The van der Waals surface area contributed by atoms with Crippen molar-refractivity contribution >= 4 is 86.4 Å². The zero-order valence-electron chi connectivity index (χ0n) is 30.0. The number of para-hydroxylation sites is 1. The Labute approximate surface area is 317 Å². The Morgan fingerprint density at radius 2 is 0.727 bits per heavy atom. The summed E-state index contributed by atoms with van der Waals surface area (Å²) in [5, 5.41) is 18.0. The summed E-state index contributed by atoms with van der Waals surface area (Å²) >= 11 is 0. The van der Waals surface area contributed by atoms with E-state index in [-0.39, 0.29) is 0 Å². The zero-order valence-corrected chi connectivity index (χ0v) is 30.0. The van der Waals surface area contributed by atoms with Crippen LogP contribution in [0.5, 0.6) is 0 Å². The van der Waals surface area contributed by atoms with Crippen LogP contribution in [0.3, 0.4) is 0 Å². The molecule has 0 bridgehead atoms. The molecular weight excluding hydrogens is 663 g/mol. The van der Waals surface area contributed by atoms with Gasteiger partial charge in [-0.3, -0.25) is 0 Å². The predicted molar refractivity (Wildman–Crippen MR) is 237 cm³/mol. The molecule has 0 N–H and O–H groups in total. The minimum absolute atomic E-state index is 1.19. The van der Waals surface area contributed by atoms with Crippen LogP contribution in [0, 0.1) is 0 Å². The Bertz CT molecular complexity index is 3530. The minimum atomic E-state index is 1.19. The average molecular weight is 696 g/mol. The lowest BCUT2D eigenvalue weighted by atomic mass is 9.86. The SMILES string of the molecule is c1ccc(-c2ccc3c(c2)c2ccccc2n3-c2cccc3c(-c4ccc5c(c4)c4ccccc4c4c6ccccc6c6ccccc6c54)cccc23)cc1. The lowest BCUT2D eigenvalue weighted by Crippen LogP contribution is -1.96. The van der Waals surface area contributed by atoms with Crippen molar-refractivity contribution in [3.8, 4) is 27.9 Å². The maximum absolute atomic E-state index is 2.46. The van der Waals surface area contributed by atoms with Gasteiger partial charge in [-0.1, -0.05) is 170 Å². The highest BCUT2D eigenvalue weighted by atomic mass is 15.0. The summed E-state index contributed by atoms with van der Waals surface area (Å²) in [6, 6.07) is 74.0. The van der Waals surface area contributed by atoms with E-state index in [0.29, 0.717) is 0 Å². The van der Waals surface area contributed by atoms with Gasteiger partial charge in [0.05, 0.1) is 16.7 Å². The quantitative estimate of drug-likeness (QED) is 0.162. The third kappa shape index (κ3) is 4.35. The molecule has 1 nitrogen and oxygen atoms in total. The van der Waals surface area contributed by atoms with Gasteiger partial charge in [-0.05, 0) is 112 Å². The average Bonchev–Trinajstić information content (AvgIpc) is 3.59. The summed E-state index contributed by atoms with van der Waals surface area (Å²) in [6.45, 7) is 0. The molecule has 1 aromatic heterocycles. The summed E-state index contributed by atoms with van der Waals surface area (Å²) < 4.78 is 2.46. The minimum Gasteiger partial charge on any atom is -0.309 e. The first kappa shape index (κ1) is 30.3. The van der Waals surface area contributed by atoms with Crippen LogP contribution in [-0.4, -0.2) is 4.57 Å². The van der Waals surface area contributed by atoms with Crippen LogP contribution < -0.4 is 0 Å². The van der Waals surface area contributed by atoms with Crippen molar-refractivity contribution in [2.45, 2.75) is 0 Å². The second kappa shape index (κ2) is 11.6. The number of fused-ring (bicyclic) bond motifs is 15. The van der Waals surface area contributed by atoms with Gasteiger partial charge in [0.2, 0.25) is 0 Å². The Hall–Kier alpha value is -7.22. The molecule has 0 unspecified atom stereocenters. The number of rotatable bonds is 3. The summed E-state index contributed by atoms with van der Waals surface area (Å²) in [5.74, 6) is 0. The topological polar surface area (TPSA) is 4.93 Å². The molecule has 12 aromatic rings. The van der Waals surface area contributed by atoms with Crippen molar-refractivity contribution in [1.82, 2.24) is 4.57 Å². The first-order valence-corrected chi connectivity index (χ1v) is 19.1. The molecule has 12 rings (SSSR count). The molecule has 254 valence electrons. The maximum atomic E-state index is 2.46. The van der Waals surface area contributed by atoms with E-state index in [1.54, 1.807) is 0 Å². The number of benzene rings is 11. The number of hydrogen-bond donors (Lipinski definition) is 0. The van der Waals surface area contributed by atoms with E-state index in [1.807, 2.05) is 0 Å². The van der Waals surface area contributed by atoms with Gasteiger partial charge < -0.3 is 4.57 Å². The molecule has 1 heteroatoms. The summed E-state index contributed by atoms with van der Waals surface area (Å²) in [5.41, 5.74) is 8.53. The second-order valence-corrected chi connectivity index (χ2v) is 14.8. The molecule has 0 aliphatic carbocycles. The normalized spacial score (nSPS) is 12.0. The second-order valence-electron chi connectivity index (χ2n) is 14.8. The summed E-state index contributed by atoms with van der Waals surface area (Å²) in [7, 11) is 0. The van der Waals surface area contributed by atoms with Crippen molar-refractivity contribution in [3.05, 3.63) is 200 Å². The van der Waals surface area contributed by atoms with Gasteiger partial charge in [-0.25, -0.2) is 0 Å². The van der Waals surface area contributed by atoms with Crippen molar-refractivity contribution < 1.29 is 0 Å². The first-order valence-electron chi connectivity index (χ1n) is 19.1. The fourth-order valence-corrected chi connectivity index (χ4v) is 9.57. The Kier molecular flexibility index (Phi) is 6.40. The molecule has 0 amide bonds. The molecule has 0 atom stereocenters. The molecule has 0 saturated heterocycles. The van der Waals surface area contributed by atoms with Gasteiger partial charge in [0, 0.05) is 16.2 Å². The molecule has 1 heterocycles. The van der Waals surface area contributed by atoms with E-state index < -0.39 is 0 Å². The highest BCUT2D eigenvalue weighted by Crippen LogP contribution is 2.45. The molecule has 11 aromatic carbocycles. The molecule has 0 spiro atoms. The zero-order chi connectivity index (χ0) is 36.0. The Morgan fingerprint density at radius 1 is 0.236 bits per heavy atom. The third-order valence-corrected chi connectivity index (χ3v) is 11.9. The van der Waals surface area contributed by atoms with Crippen LogP contribution in [0.4, 0.5) is 0 Å². The predicted octanol–water partition coefficient (Wildman–Crippen LogP) is 15.0. The molecular formula is C54H33N. The highest BCUT2D eigenvalue weighted by molar-refractivity contribution is 6.39. The Balaban J connectivity index is 1.11. The van der Waals surface area contributed by atoms with Crippen molar-refractivity contribution in [2.24, 2.45) is 0 Å². The van der Waals surface area contributed by atoms with Crippen LogP contribution >= 0.6 is 0 Å². The van der Waals surface area contributed by atoms with Crippen LogP contribution in [-0.2, 0) is 0 Å². The van der Waals surface area contributed by atoms with Crippen molar-refractivity contribution in [3.63, 3.8) is 0 Å². The van der Waals surface area contributed by atoms with Gasteiger partial charge in [0.1, 0.15) is 0 Å². The lowest BCUT2D eigenvalue weighted by Gasteiger charge is -2.18. The van der Waals surface area contributed by atoms with E-state index in [9.17, 15) is 0 Å². The van der Waals surface area contributed by atoms with Crippen LogP contribution in [0.15, 0.2) is 200 Å². The van der Waals surface area contributed by atoms with Crippen molar-refractivity contribution in [2.75, 3.05) is 0 Å². The number of nitrogens with zero attached hydrogens (tertiary/aromatic N) is 1. The van der Waals surface area contributed by atoms with E-state index in [4.69, 9.17) is 0 Å². The Morgan fingerprint density at radius 3 is 1.44 bits per heavy atom. The fourth-order valence-electron chi connectivity index (χ4n) is 9.57. The summed E-state index contributed by atoms with van der Waals surface area (Å²) in [4.78, 5) is 0. The van der Waals surface area contributed by atoms with E-state index in [0.717, 1.165) is 0 Å². The van der Waals surface area contributed by atoms with Crippen molar-refractivity contribution in [1.29, 1.82) is 0 Å². The van der Waals surface area contributed by atoms with Gasteiger partial charge >= 0.3 is 0 Å². The van der Waals surface area contributed by atoms with Gasteiger partial charge in [0.15, 0.2) is 0 Å². The lowest BCUT2D eigenvalue weighted by molar-refractivity contribution is 1.20. The van der Waals surface area contributed by atoms with Crippen LogP contribution in [0.1, 0.15) is 0 Å². The van der Waals surface area contributed by atoms with E-state index in [1.165, 1.54) is 114 Å². The van der Waals surface area contributed by atoms with Gasteiger partial charge in [0.25, 0.3) is 0 Å². The number of aromatic nitrogens is 1. The molecule has 0 aliphatic rings. The number of hydrogen-bond acceptors (Lipinski definition) is 0. The fraction of sp³-hybridized carbons (Fsp3) is 0. The maximum Gasteiger partial charge on any atom is 0.0541 e. The molecule has 0 radical (unpaired) electrons. The smallest absolute Gasteiger partial charge is 0.0541 e. The highest BCUT2D eigenvalue weighted by Gasteiger charge is 2.19. The standard InChI is InChI=1S/C54H33N/c1-2-14-34(15-3-1)35-29-31-52-49(32-35)43-19-10-11-26-50(43)55(52)51-27-13-24-38-37(23-12-25-42(38)51)36-28-30-47-48(33-36)41-18-6-9-22-46(41)53-44-20-7-4-16-39(44)40-17-5-8-21-45(40)54(47)53/h1-33H. The third-order valence-electron chi connectivity index (χ3n) is 11.9. The molecule has 0 fully saturated rings. The van der Waals surface area contributed by atoms with E-state index >= 15 is 0 Å². The molecule has 55 heavy (non-hydrogen) atoms. The van der Waals surface area contributed by atoms with Gasteiger partial charge in [-0.2, -0.15) is 0 Å². The monoisotopic (exact) mass is 695 g/mol. The molecule has 0 saturated carbocycles. The van der Waals surface area contributed by atoms with Crippen LogP contribution in [0.2, 0.25) is 0 Å². The van der Waals surface area contributed by atoms with E-state index in [2.05, 4.69) is 205 Å². The van der Waals surface area contributed by atoms with Crippen LogP contribution in [0.25, 0.3) is 114 Å². The van der Waals surface area contributed by atoms with Gasteiger partial charge in [-0.15, -0.1) is 0 Å². The summed E-state index contributed by atoms with van der Waals surface area (Å²) in [6.07, 6.45) is 0. The largest absolute Gasteiger partial charge is 0.309 e. The molecule has 0 aliphatic heterocycles.